The molecule has 1 aromatic carbocycles. The highest BCUT2D eigenvalue weighted by Crippen LogP contribution is 2.30. The van der Waals surface area contributed by atoms with Crippen LogP contribution >= 0.6 is 0 Å². The molecule has 0 aliphatic carbocycles. The number of rotatable bonds is 2. The number of methoxy groups -OCH3 is 1. The summed E-state index contributed by atoms with van der Waals surface area (Å²) in [6.45, 7) is 1.60. The van der Waals surface area contributed by atoms with Gasteiger partial charge in [0, 0.05) is 13.5 Å². The zero-order chi connectivity index (χ0) is 11.6. The maximum absolute atomic E-state index is 10.8. The summed E-state index contributed by atoms with van der Waals surface area (Å²) in [5.74, 6) is 0. The van der Waals surface area contributed by atoms with Gasteiger partial charge in [-0.25, -0.2) is 0 Å². The van der Waals surface area contributed by atoms with Gasteiger partial charge in [-0.15, -0.1) is 0 Å². The van der Waals surface area contributed by atoms with Gasteiger partial charge in [-0.05, 0) is 5.56 Å². The first-order valence-corrected chi connectivity index (χ1v) is 5.64. The predicted octanol–water partition coefficient (Wildman–Crippen LogP) is -0.0306. The first kappa shape index (κ1) is 11.6. The molecule has 1 aliphatic rings. The average Bonchev–Trinajstić information content (AvgIpc) is 2.33. The van der Waals surface area contributed by atoms with Crippen LogP contribution in [0.15, 0.2) is 30.3 Å². The Kier molecular flexibility index (Phi) is 3.28. The summed E-state index contributed by atoms with van der Waals surface area (Å²) in [6, 6.07) is 9.77. The van der Waals surface area contributed by atoms with Crippen LogP contribution in [0.1, 0.15) is 12.0 Å². The van der Waals surface area contributed by atoms with E-state index in [1.165, 1.54) is 0 Å². The Morgan fingerprint density at radius 3 is 2.75 bits per heavy atom. The van der Waals surface area contributed by atoms with E-state index in [9.17, 15) is 5.11 Å². The van der Waals surface area contributed by atoms with Crippen molar-refractivity contribution in [2.45, 2.75) is 18.1 Å². The van der Waals surface area contributed by atoms with E-state index in [0.29, 0.717) is 6.42 Å². The Balaban J connectivity index is 2.29. The van der Waals surface area contributed by atoms with Crippen LogP contribution < -0.4 is 4.90 Å². The van der Waals surface area contributed by atoms with Gasteiger partial charge >= 0.3 is 0 Å². The van der Waals surface area contributed by atoms with Gasteiger partial charge in [-0.3, -0.25) is 0 Å². The summed E-state index contributed by atoms with van der Waals surface area (Å²) in [5, 5.41) is 10.8. The highest BCUT2D eigenvalue weighted by molar-refractivity contribution is 5.24. The van der Waals surface area contributed by atoms with Crippen molar-refractivity contribution in [2.75, 3.05) is 20.2 Å². The smallest absolute Gasteiger partial charge is 0.137 e. The first-order chi connectivity index (χ1) is 7.66. The zero-order valence-corrected chi connectivity index (χ0v) is 9.65. The molecule has 0 saturated carbocycles. The van der Waals surface area contributed by atoms with Crippen molar-refractivity contribution in [1.29, 1.82) is 0 Å². The Bertz CT molecular complexity index is 341. The van der Waals surface area contributed by atoms with Crippen LogP contribution in [0.4, 0.5) is 0 Å². The molecule has 3 atom stereocenters. The van der Waals surface area contributed by atoms with Crippen molar-refractivity contribution >= 4 is 0 Å². The number of quaternary nitrogens is 1. The fourth-order valence-electron chi connectivity index (χ4n) is 2.40. The van der Waals surface area contributed by atoms with Crippen molar-refractivity contribution < 1.29 is 14.7 Å². The molecule has 16 heavy (non-hydrogen) atoms. The molecule has 0 amide bonds. The molecule has 1 unspecified atom stereocenters. The molecule has 3 heteroatoms. The molecule has 0 spiro atoms. The molecule has 1 saturated heterocycles. The summed E-state index contributed by atoms with van der Waals surface area (Å²) in [4.78, 5) is 1.16. The Morgan fingerprint density at radius 1 is 1.44 bits per heavy atom. The summed E-state index contributed by atoms with van der Waals surface area (Å²) in [6.07, 6.45) is 0.505. The van der Waals surface area contributed by atoms with E-state index in [0.717, 1.165) is 23.6 Å². The Hall–Kier alpha value is -0.900. The van der Waals surface area contributed by atoms with Gasteiger partial charge in [0.2, 0.25) is 0 Å². The van der Waals surface area contributed by atoms with Crippen molar-refractivity contribution in [3.63, 3.8) is 0 Å². The highest BCUT2D eigenvalue weighted by Gasteiger charge is 2.43. The van der Waals surface area contributed by atoms with Crippen molar-refractivity contribution in [2.24, 2.45) is 0 Å². The largest absolute Gasteiger partial charge is 0.465 e. The molecule has 2 N–H and O–H groups in total. The summed E-state index contributed by atoms with van der Waals surface area (Å²) in [5.41, 5.74) is 0.0753. The third-order valence-electron chi connectivity index (χ3n) is 3.42. The van der Waals surface area contributed by atoms with Crippen LogP contribution in [0.2, 0.25) is 0 Å². The van der Waals surface area contributed by atoms with Crippen LogP contribution in [0.25, 0.3) is 0 Å². The van der Waals surface area contributed by atoms with E-state index in [4.69, 9.17) is 4.74 Å². The fourth-order valence-corrected chi connectivity index (χ4v) is 2.40. The lowest BCUT2D eigenvalue weighted by atomic mass is 9.82. The summed E-state index contributed by atoms with van der Waals surface area (Å²) in [7, 11) is 5.63. The van der Waals surface area contributed by atoms with Crippen molar-refractivity contribution in [3.05, 3.63) is 42.9 Å². The fraction of sp³-hybridized carbons (Fsp3) is 0.462. The molecule has 88 valence electrons. The van der Waals surface area contributed by atoms with Gasteiger partial charge in [0.25, 0.3) is 0 Å². The first-order valence-electron chi connectivity index (χ1n) is 5.64. The molecule has 0 aromatic heterocycles. The van der Waals surface area contributed by atoms with E-state index in [-0.39, 0.29) is 6.10 Å². The minimum Gasteiger partial charge on any atom is -0.465 e. The minimum atomic E-state index is -0.864. The maximum atomic E-state index is 10.8. The topological polar surface area (TPSA) is 33.9 Å². The van der Waals surface area contributed by atoms with Gasteiger partial charge in [0.15, 0.2) is 0 Å². The minimum absolute atomic E-state index is 0.184. The molecule has 1 fully saturated rings. The van der Waals surface area contributed by atoms with Gasteiger partial charge in [0.1, 0.15) is 11.7 Å². The number of nitrogens with one attached hydrogen (secondary N) is 1. The Labute approximate surface area is 96.6 Å². The number of hydrogen-bond acceptors (Lipinski definition) is 2. The molecule has 2 rings (SSSR count). The van der Waals surface area contributed by atoms with E-state index >= 15 is 0 Å². The molecule has 1 aromatic rings. The van der Waals surface area contributed by atoms with Gasteiger partial charge in [-0.1, -0.05) is 30.3 Å². The zero-order valence-electron chi connectivity index (χ0n) is 9.65. The van der Waals surface area contributed by atoms with Gasteiger partial charge in [-0.2, -0.15) is 7.05 Å². The predicted molar refractivity (Wildman–Crippen MR) is 61.8 cm³/mol. The van der Waals surface area contributed by atoms with Crippen LogP contribution in [-0.2, 0) is 10.3 Å². The third-order valence-corrected chi connectivity index (χ3v) is 3.42. The van der Waals surface area contributed by atoms with E-state index in [1.807, 2.05) is 30.3 Å². The lowest BCUT2D eigenvalue weighted by Crippen LogP contribution is -3.10. The lowest BCUT2D eigenvalue weighted by molar-refractivity contribution is -0.867. The van der Waals surface area contributed by atoms with Crippen molar-refractivity contribution in [1.82, 2.24) is 0 Å². The van der Waals surface area contributed by atoms with Crippen LogP contribution in [0.5, 0.6) is 0 Å². The standard InChI is InChI=1S/C13H19NO2/c1-14-9-8-13(15,12(10-14)16-2)11-6-4-3-5-7-11/h3-7,12,14-15H,1,8-10H2,2H3/t12-,13-/m1/s1. The lowest BCUT2D eigenvalue weighted by Gasteiger charge is -2.43. The number of benzene rings is 1. The van der Waals surface area contributed by atoms with E-state index in [1.54, 1.807) is 7.11 Å². The van der Waals surface area contributed by atoms with Gasteiger partial charge in [0.05, 0.1) is 13.1 Å². The molecular formula is C13H19NO2. The molecule has 0 bridgehead atoms. The number of aliphatic hydroxyl groups is 1. The normalized spacial score (nSPS) is 34.9. The van der Waals surface area contributed by atoms with Crippen LogP contribution in [0.3, 0.4) is 0 Å². The van der Waals surface area contributed by atoms with Crippen molar-refractivity contribution in [3.8, 4) is 0 Å². The molecule has 1 aliphatic heterocycles. The number of piperidine rings is 1. The number of hydrogen-bond donors (Lipinski definition) is 2. The highest BCUT2D eigenvalue weighted by atomic mass is 16.5. The number of likely N-dealkylation sites (tertiary alicyclic amines) is 1. The average molecular weight is 221 g/mol. The van der Waals surface area contributed by atoms with Gasteiger partial charge < -0.3 is 14.7 Å². The SMILES string of the molecule is [CH2-][NH+]1CC[C@@](O)(c2ccccc2)[C@H](OC)C1. The summed E-state index contributed by atoms with van der Waals surface area (Å²) >= 11 is 0. The Morgan fingerprint density at radius 2 is 2.12 bits per heavy atom. The maximum Gasteiger partial charge on any atom is 0.137 e. The number of ether oxygens (including phenoxy) is 1. The second-order valence-corrected chi connectivity index (χ2v) is 4.47. The summed E-state index contributed by atoms with van der Waals surface area (Å²) < 4.78 is 5.42. The monoisotopic (exact) mass is 221 g/mol. The third kappa shape index (κ3) is 1.98. The van der Waals surface area contributed by atoms with Crippen LogP contribution in [0, 0.1) is 7.05 Å². The molecular weight excluding hydrogens is 202 g/mol. The van der Waals surface area contributed by atoms with E-state index in [2.05, 4.69) is 7.05 Å². The second-order valence-electron chi connectivity index (χ2n) is 4.47. The van der Waals surface area contributed by atoms with E-state index < -0.39 is 5.60 Å². The molecule has 3 nitrogen and oxygen atoms in total. The van der Waals surface area contributed by atoms with Crippen LogP contribution in [-0.4, -0.2) is 31.4 Å². The molecule has 0 radical (unpaired) electrons. The molecule has 1 heterocycles. The quantitative estimate of drug-likeness (QED) is 0.688. The second kappa shape index (κ2) is 4.53.